The summed E-state index contributed by atoms with van der Waals surface area (Å²) in [4.78, 5) is 4.17. The van der Waals surface area contributed by atoms with Gasteiger partial charge in [-0.3, -0.25) is 4.99 Å². The summed E-state index contributed by atoms with van der Waals surface area (Å²) in [6, 6.07) is 8.13. The predicted molar refractivity (Wildman–Crippen MR) is 104 cm³/mol. The number of ether oxygens (including phenoxy) is 1. The molecule has 1 rings (SSSR count). The number of guanidine groups is 1. The van der Waals surface area contributed by atoms with E-state index in [1.807, 2.05) is 23.9 Å². The van der Waals surface area contributed by atoms with E-state index in [0.29, 0.717) is 6.61 Å². The van der Waals surface area contributed by atoms with Crippen molar-refractivity contribution in [3.63, 3.8) is 0 Å². The zero-order chi connectivity index (χ0) is 14.6. The molecule has 0 saturated heterocycles. The third-order valence-corrected chi connectivity index (χ3v) is 3.34. The van der Waals surface area contributed by atoms with E-state index >= 15 is 0 Å². The van der Waals surface area contributed by atoms with Crippen LogP contribution in [0.2, 0.25) is 0 Å². The Kier molecular flexibility index (Phi) is 12.7. The highest BCUT2D eigenvalue weighted by Crippen LogP contribution is 2.11. The number of nitrogens with zero attached hydrogens (tertiary/aromatic N) is 1. The first kappa shape index (κ1) is 20.4. The average molecular weight is 423 g/mol. The van der Waals surface area contributed by atoms with Gasteiger partial charge >= 0.3 is 0 Å². The minimum Gasteiger partial charge on any atom is -0.494 e. The van der Waals surface area contributed by atoms with Crippen molar-refractivity contribution in [2.45, 2.75) is 13.3 Å². The van der Waals surface area contributed by atoms with E-state index < -0.39 is 0 Å². The molecule has 1 aromatic rings. The Bertz CT molecular complexity index is 398. The number of hydrogen-bond acceptors (Lipinski definition) is 3. The maximum absolute atomic E-state index is 5.67. The molecule has 2 N–H and O–H groups in total. The molecule has 21 heavy (non-hydrogen) atoms. The van der Waals surface area contributed by atoms with E-state index in [1.54, 1.807) is 7.05 Å². The second kappa shape index (κ2) is 13.1. The first-order chi connectivity index (χ1) is 9.76. The molecule has 0 aliphatic heterocycles. The Morgan fingerprint density at radius 1 is 1.19 bits per heavy atom. The fourth-order valence-electron chi connectivity index (χ4n) is 1.60. The summed E-state index contributed by atoms with van der Waals surface area (Å²) < 4.78 is 5.67. The first-order valence-corrected chi connectivity index (χ1v) is 8.28. The molecule has 0 unspecified atom stereocenters. The monoisotopic (exact) mass is 423 g/mol. The van der Waals surface area contributed by atoms with Crippen LogP contribution in [0.5, 0.6) is 5.75 Å². The predicted octanol–water partition coefficient (Wildman–Crippen LogP) is 2.91. The van der Waals surface area contributed by atoms with Crippen molar-refractivity contribution in [2.75, 3.05) is 38.8 Å². The van der Waals surface area contributed by atoms with Crippen LogP contribution < -0.4 is 15.4 Å². The van der Waals surface area contributed by atoms with Crippen LogP contribution >= 0.6 is 35.7 Å². The second-order valence-corrected chi connectivity index (χ2v) is 5.42. The number of benzene rings is 1. The number of nitrogens with one attached hydrogen (secondary N) is 2. The smallest absolute Gasteiger partial charge is 0.191 e. The van der Waals surface area contributed by atoms with Crippen molar-refractivity contribution < 1.29 is 4.74 Å². The quantitative estimate of drug-likeness (QED) is 0.292. The lowest BCUT2D eigenvalue weighted by Crippen LogP contribution is -2.39. The average Bonchev–Trinajstić information content (AvgIpc) is 2.47. The number of aliphatic imine (C=N–C) groups is 1. The van der Waals surface area contributed by atoms with Gasteiger partial charge in [0.1, 0.15) is 5.75 Å². The molecule has 0 bridgehead atoms. The van der Waals surface area contributed by atoms with Crippen molar-refractivity contribution in [3.8, 4) is 5.75 Å². The zero-order valence-electron chi connectivity index (χ0n) is 13.0. The SMILES string of the molecule is CN=C(NCCCOc1ccc(C)cc1)NCCSC.I. The molecule has 0 fully saturated rings. The largest absolute Gasteiger partial charge is 0.494 e. The van der Waals surface area contributed by atoms with Gasteiger partial charge < -0.3 is 15.4 Å². The molecule has 1 aromatic carbocycles. The van der Waals surface area contributed by atoms with Crippen LogP contribution in [-0.4, -0.2) is 44.7 Å². The summed E-state index contributed by atoms with van der Waals surface area (Å²) in [5, 5.41) is 6.54. The first-order valence-electron chi connectivity index (χ1n) is 6.89. The number of rotatable bonds is 8. The summed E-state index contributed by atoms with van der Waals surface area (Å²) in [5.41, 5.74) is 1.25. The van der Waals surface area contributed by atoms with Crippen molar-refractivity contribution in [1.29, 1.82) is 0 Å². The van der Waals surface area contributed by atoms with E-state index in [-0.39, 0.29) is 24.0 Å². The van der Waals surface area contributed by atoms with Crippen LogP contribution in [0.3, 0.4) is 0 Å². The Balaban J connectivity index is 0.00000400. The van der Waals surface area contributed by atoms with Crippen LogP contribution in [0, 0.1) is 6.92 Å². The summed E-state index contributed by atoms with van der Waals surface area (Å²) >= 11 is 1.82. The van der Waals surface area contributed by atoms with Gasteiger partial charge in [0.05, 0.1) is 6.61 Å². The molecule has 0 aliphatic rings. The Morgan fingerprint density at radius 3 is 2.48 bits per heavy atom. The normalized spacial score (nSPS) is 10.7. The molecule has 6 heteroatoms. The van der Waals surface area contributed by atoms with Gasteiger partial charge in [0.15, 0.2) is 5.96 Å². The zero-order valence-corrected chi connectivity index (χ0v) is 16.2. The Labute approximate surface area is 149 Å². The van der Waals surface area contributed by atoms with Gasteiger partial charge in [0.25, 0.3) is 0 Å². The highest BCUT2D eigenvalue weighted by atomic mass is 127. The second-order valence-electron chi connectivity index (χ2n) is 4.43. The van der Waals surface area contributed by atoms with E-state index in [9.17, 15) is 0 Å². The lowest BCUT2D eigenvalue weighted by Gasteiger charge is -2.11. The van der Waals surface area contributed by atoms with Gasteiger partial charge in [-0.15, -0.1) is 24.0 Å². The van der Waals surface area contributed by atoms with Crippen molar-refractivity contribution in [3.05, 3.63) is 29.8 Å². The molecule has 0 aliphatic carbocycles. The minimum atomic E-state index is 0. The molecule has 120 valence electrons. The van der Waals surface area contributed by atoms with E-state index in [4.69, 9.17) is 4.74 Å². The Hall–Kier alpha value is -0.630. The third-order valence-electron chi connectivity index (χ3n) is 2.73. The fraction of sp³-hybridized carbons (Fsp3) is 0.533. The maximum atomic E-state index is 5.67. The molecule has 0 aromatic heterocycles. The topological polar surface area (TPSA) is 45.7 Å². The molecule has 0 radical (unpaired) electrons. The van der Waals surface area contributed by atoms with Crippen molar-refractivity contribution in [2.24, 2.45) is 4.99 Å². The summed E-state index contributed by atoms with van der Waals surface area (Å²) in [6.07, 6.45) is 3.04. The van der Waals surface area contributed by atoms with Gasteiger partial charge in [-0.25, -0.2) is 0 Å². The number of halogens is 1. The van der Waals surface area contributed by atoms with E-state index in [1.165, 1.54) is 5.56 Å². The van der Waals surface area contributed by atoms with Crippen LogP contribution in [0.4, 0.5) is 0 Å². The molecule has 0 spiro atoms. The highest BCUT2D eigenvalue weighted by molar-refractivity contribution is 14.0. The number of thioether (sulfide) groups is 1. The van der Waals surface area contributed by atoms with Crippen molar-refractivity contribution in [1.82, 2.24) is 10.6 Å². The molecule has 4 nitrogen and oxygen atoms in total. The van der Waals surface area contributed by atoms with Crippen LogP contribution in [0.1, 0.15) is 12.0 Å². The summed E-state index contributed by atoms with van der Waals surface area (Å²) in [5.74, 6) is 2.87. The van der Waals surface area contributed by atoms with E-state index in [2.05, 4.69) is 40.9 Å². The highest BCUT2D eigenvalue weighted by Gasteiger charge is 1.97. The van der Waals surface area contributed by atoms with Crippen molar-refractivity contribution >= 4 is 41.7 Å². The molecular formula is C15H26IN3OS. The number of hydrogen-bond donors (Lipinski definition) is 2. The van der Waals surface area contributed by atoms with Gasteiger partial charge in [0, 0.05) is 25.9 Å². The van der Waals surface area contributed by atoms with Gasteiger partial charge in [-0.2, -0.15) is 11.8 Å². The fourth-order valence-corrected chi connectivity index (χ4v) is 1.90. The van der Waals surface area contributed by atoms with Crippen LogP contribution in [0.25, 0.3) is 0 Å². The molecule has 0 saturated carbocycles. The number of aryl methyl sites for hydroxylation is 1. The van der Waals surface area contributed by atoms with Gasteiger partial charge in [-0.1, -0.05) is 17.7 Å². The minimum absolute atomic E-state index is 0. The maximum Gasteiger partial charge on any atom is 0.191 e. The molecular weight excluding hydrogens is 397 g/mol. The molecule has 0 atom stereocenters. The van der Waals surface area contributed by atoms with Crippen LogP contribution in [0.15, 0.2) is 29.3 Å². The van der Waals surface area contributed by atoms with Gasteiger partial charge in [-0.05, 0) is 31.7 Å². The molecule has 0 amide bonds. The van der Waals surface area contributed by atoms with E-state index in [0.717, 1.165) is 37.0 Å². The standard InChI is InChI=1S/C15H25N3OS.HI/c1-13-5-7-14(8-6-13)19-11-4-9-17-15(16-2)18-10-12-20-3;/h5-8H,4,9-12H2,1-3H3,(H2,16,17,18);1H. The van der Waals surface area contributed by atoms with Crippen LogP contribution in [-0.2, 0) is 0 Å². The van der Waals surface area contributed by atoms with Gasteiger partial charge in [0.2, 0.25) is 0 Å². The molecule has 0 heterocycles. The Morgan fingerprint density at radius 2 is 1.86 bits per heavy atom. The summed E-state index contributed by atoms with van der Waals surface area (Å²) in [6.45, 7) is 4.56. The lowest BCUT2D eigenvalue weighted by atomic mass is 10.2. The summed E-state index contributed by atoms with van der Waals surface area (Å²) in [7, 11) is 1.79. The lowest BCUT2D eigenvalue weighted by molar-refractivity contribution is 0.311. The third kappa shape index (κ3) is 9.84.